The molecule has 1 amide bonds. The molecule has 3 aromatic carbocycles. The summed E-state index contributed by atoms with van der Waals surface area (Å²) in [6.07, 6.45) is -0.950. The second kappa shape index (κ2) is 7.27. The first kappa shape index (κ1) is 17.5. The maximum atomic E-state index is 12.3. The minimum Gasteiger partial charge on any atom is -0.449 e. The Morgan fingerprint density at radius 2 is 1.73 bits per heavy atom. The molecule has 3 N–H and O–H groups in total. The maximum absolute atomic E-state index is 12.3. The minimum atomic E-state index is -0.950. The first-order chi connectivity index (χ1) is 12.5. The molecule has 0 bridgehead atoms. The van der Waals surface area contributed by atoms with Crippen LogP contribution in [0.5, 0.6) is 0 Å². The Hall–Kier alpha value is -3.34. The third-order valence-corrected chi connectivity index (χ3v) is 4.21. The number of esters is 1. The van der Waals surface area contributed by atoms with E-state index in [4.69, 9.17) is 10.5 Å². The van der Waals surface area contributed by atoms with Crippen LogP contribution in [-0.2, 0) is 9.53 Å². The Kier molecular flexibility index (Phi) is 4.89. The first-order valence-corrected chi connectivity index (χ1v) is 8.31. The molecule has 26 heavy (non-hydrogen) atoms. The summed E-state index contributed by atoms with van der Waals surface area (Å²) in [6, 6.07) is 18.6. The van der Waals surface area contributed by atoms with Gasteiger partial charge in [0.05, 0.1) is 5.56 Å². The zero-order valence-electron chi connectivity index (χ0n) is 14.7. The number of hydrogen-bond acceptors (Lipinski definition) is 4. The molecule has 0 aromatic heterocycles. The standard InChI is InChI=1S/C21H20N2O3/c1-13-6-5-9-18(19(13)22)21(25)26-14(2)20(24)23-17-11-10-15-7-3-4-8-16(15)12-17/h3-12,14H,22H2,1-2H3,(H,23,24)/t14-/m0/s1. The fourth-order valence-corrected chi connectivity index (χ4v) is 2.65. The summed E-state index contributed by atoms with van der Waals surface area (Å²) in [7, 11) is 0. The van der Waals surface area contributed by atoms with Gasteiger partial charge in [-0.15, -0.1) is 0 Å². The smallest absolute Gasteiger partial charge is 0.341 e. The number of benzene rings is 3. The number of amides is 1. The Labute approximate surface area is 151 Å². The molecule has 0 aliphatic carbocycles. The van der Waals surface area contributed by atoms with Crippen LogP contribution in [0.15, 0.2) is 60.7 Å². The maximum Gasteiger partial charge on any atom is 0.341 e. The average molecular weight is 348 g/mol. The monoisotopic (exact) mass is 348 g/mol. The second-order valence-electron chi connectivity index (χ2n) is 6.13. The number of fused-ring (bicyclic) bond motifs is 1. The number of hydrogen-bond donors (Lipinski definition) is 2. The van der Waals surface area contributed by atoms with Crippen LogP contribution >= 0.6 is 0 Å². The lowest BCUT2D eigenvalue weighted by atomic mass is 10.1. The molecule has 0 aliphatic rings. The van der Waals surface area contributed by atoms with Gasteiger partial charge in [0.25, 0.3) is 5.91 Å². The van der Waals surface area contributed by atoms with Gasteiger partial charge in [0.15, 0.2) is 6.10 Å². The van der Waals surface area contributed by atoms with Gasteiger partial charge in [0, 0.05) is 11.4 Å². The lowest BCUT2D eigenvalue weighted by Crippen LogP contribution is -2.30. The van der Waals surface area contributed by atoms with Gasteiger partial charge >= 0.3 is 5.97 Å². The van der Waals surface area contributed by atoms with Crippen LogP contribution in [0.25, 0.3) is 10.8 Å². The molecule has 0 unspecified atom stereocenters. The molecule has 132 valence electrons. The normalized spacial score (nSPS) is 11.8. The number of ether oxygens (including phenoxy) is 1. The Morgan fingerprint density at radius 1 is 1.00 bits per heavy atom. The molecule has 0 saturated carbocycles. The number of anilines is 2. The molecule has 0 spiro atoms. The molecule has 5 heteroatoms. The number of rotatable bonds is 4. The van der Waals surface area contributed by atoms with Gasteiger partial charge in [-0.1, -0.05) is 42.5 Å². The summed E-state index contributed by atoms with van der Waals surface area (Å²) < 4.78 is 5.26. The number of para-hydroxylation sites is 1. The molecule has 0 saturated heterocycles. The summed E-state index contributed by atoms with van der Waals surface area (Å²) in [5.41, 5.74) is 7.96. The number of aryl methyl sites for hydroxylation is 1. The first-order valence-electron chi connectivity index (χ1n) is 8.31. The average Bonchev–Trinajstić information content (AvgIpc) is 2.63. The highest BCUT2D eigenvalue weighted by molar-refractivity contribution is 6.00. The van der Waals surface area contributed by atoms with E-state index in [1.54, 1.807) is 12.1 Å². The highest BCUT2D eigenvalue weighted by Crippen LogP contribution is 2.20. The van der Waals surface area contributed by atoms with Crippen LogP contribution in [-0.4, -0.2) is 18.0 Å². The highest BCUT2D eigenvalue weighted by Gasteiger charge is 2.21. The van der Waals surface area contributed by atoms with Crippen LogP contribution in [0.3, 0.4) is 0 Å². The van der Waals surface area contributed by atoms with E-state index in [1.165, 1.54) is 6.92 Å². The summed E-state index contributed by atoms with van der Waals surface area (Å²) in [4.78, 5) is 24.6. The van der Waals surface area contributed by atoms with E-state index in [0.717, 1.165) is 16.3 Å². The molecule has 0 radical (unpaired) electrons. The van der Waals surface area contributed by atoms with Crippen molar-refractivity contribution >= 4 is 34.0 Å². The number of carbonyl (C=O) groups excluding carboxylic acids is 2. The fraction of sp³-hybridized carbons (Fsp3) is 0.143. The summed E-state index contributed by atoms with van der Waals surface area (Å²) in [5, 5.41) is 4.87. The van der Waals surface area contributed by atoms with Crippen molar-refractivity contribution in [1.82, 2.24) is 0 Å². The van der Waals surface area contributed by atoms with Gasteiger partial charge in [-0.3, -0.25) is 4.79 Å². The van der Waals surface area contributed by atoms with E-state index < -0.39 is 18.0 Å². The molecule has 0 heterocycles. The van der Waals surface area contributed by atoms with Gasteiger partial charge in [-0.2, -0.15) is 0 Å². The zero-order valence-corrected chi connectivity index (χ0v) is 14.7. The Morgan fingerprint density at radius 3 is 2.50 bits per heavy atom. The van der Waals surface area contributed by atoms with Crippen LogP contribution in [0.2, 0.25) is 0 Å². The number of nitrogens with two attached hydrogens (primary N) is 1. The van der Waals surface area contributed by atoms with Crippen molar-refractivity contribution in [2.45, 2.75) is 20.0 Å². The molecule has 3 rings (SSSR count). The molecule has 0 aliphatic heterocycles. The quantitative estimate of drug-likeness (QED) is 0.553. The summed E-state index contributed by atoms with van der Waals surface area (Å²) >= 11 is 0. The predicted octanol–water partition coefficient (Wildman–Crippen LogP) is 3.91. The molecule has 0 fully saturated rings. The van der Waals surface area contributed by atoms with E-state index in [1.807, 2.05) is 55.5 Å². The van der Waals surface area contributed by atoms with Gasteiger partial charge < -0.3 is 15.8 Å². The SMILES string of the molecule is Cc1cccc(C(=O)O[C@@H](C)C(=O)Nc2ccc3ccccc3c2)c1N. The van der Waals surface area contributed by atoms with Crippen molar-refractivity contribution < 1.29 is 14.3 Å². The minimum absolute atomic E-state index is 0.260. The third-order valence-electron chi connectivity index (χ3n) is 4.21. The van der Waals surface area contributed by atoms with E-state index >= 15 is 0 Å². The van der Waals surface area contributed by atoms with E-state index in [0.29, 0.717) is 11.4 Å². The van der Waals surface area contributed by atoms with E-state index in [9.17, 15) is 9.59 Å². The summed E-state index contributed by atoms with van der Waals surface area (Å²) in [5.74, 6) is -1.02. The van der Waals surface area contributed by atoms with Crippen molar-refractivity contribution in [3.8, 4) is 0 Å². The van der Waals surface area contributed by atoms with Gasteiger partial charge in [-0.25, -0.2) is 4.79 Å². The van der Waals surface area contributed by atoms with Crippen molar-refractivity contribution in [1.29, 1.82) is 0 Å². The van der Waals surface area contributed by atoms with Crippen LogP contribution in [0.1, 0.15) is 22.8 Å². The second-order valence-corrected chi connectivity index (χ2v) is 6.13. The van der Waals surface area contributed by atoms with Crippen molar-refractivity contribution in [2.24, 2.45) is 0 Å². The number of nitrogen functional groups attached to an aromatic ring is 1. The van der Waals surface area contributed by atoms with Crippen LogP contribution in [0, 0.1) is 6.92 Å². The molecular weight excluding hydrogens is 328 g/mol. The predicted molar refractivity (Wildman–Crippen MR) is 103 cm³/mol. The largest absolute Gasteiger partial charge is 0.449 e. The zero-order chi connectivity index (χ0) is 18.7. The number of carbonyl (C=O) groups is 2. The molecular formula is C21H20N2O3. The topological polar surface area (TPSA) is 81.4 Å². The number of nitrogens with one attached hydrogen (secondary N) is 1. The fourth-order valence-electron chi connectivity index (χ4n) is 2.65. The molecule has 3 aromatic rings. The van der Waals surface area contributed by atoms with Crippen molar-refractivity contribution in [2.75, 3.05) is 11.1 Å². The van der Waals surface area contributed by atoms with Crippen molar-refractivity contribution in [3.05, 3.63) is 71.8 Å². The summed E-state index contributed by atoms with van der Waals surface area (Å²) in [6.45, 7) is 3.34. The van der Waals surface area contributed by atoms with Crippen LogP contribution in [0.4, 0.5) is 11.4 Å². The lowest BCUT2D eigenvalue weighted by Gasteiger charge is -2.15. The van der Waals surface area contributed by atoms with Gasteiger partial charge in [0.1, 0.15) is 0 Å². The highest BCUT2D eigenvalue weighted by atomic mass is 16.5. The van der Waals surface area contributed by atoms with E-state index in [-0.39, 0.29) is 5.56 Å². The van der Waals surface area contributed by atoms with Gasteiger partial charge in [-0.05, 0) is 48.4 Å². The Balaban J connectivity index is 1.69. The van der Waals surface area contributed by atoms with E-state index in [2.05, 4.69) is 5.32 Å². The Bertz CT molecular complexity index is 982. The molecule has 5 nitrogen and oxygen atoms in total. The third kappa shape index (κ3) is 3.67. The lowest BCUT2D eigenvalue weighted by molar-refractivity contribution is -0.123. The van der Waals surface area contributed by atoms with Crippen molar-refractivity contribution in [3.63, 3.8) is 0 Å². The van der Waals surface area contributed by atoms with Gasteiger partial charge in [0.2, 0.25) is 0 Å². The molecule has 1 atom stereocenters. The van der Waals surface area contributed by atoms with Crippen LogP contribution < -0.4 is 11.1 Å².